The Balaban J connectivity index is 1.68. The number of hydrogen-bond donors (Lipinski definition) is 2. The van der Waals surface area contributed by atoms with Gasteiger partial charge in [-0.2, -0.15) is 0 Å². The lowest BCUT2D eigenvalue weighted by Crippen LogP contribution is -2.37. The van der Waals surface area contributed by atoms with E-state index in [1.165, 1.54) is 0 Å². The van der Waals surface area contributed by atoms with Gasteiger partial charge in [-0.05, 0) is 16.7 Å². The van der Waals surface area contributed by atoms with Crippen LogP contribution in [0.5, 0.6) is 0 Å². The number of hydrogen-bond acceptors (Lipinski definition) is 2. The molecule has 0 fully saturated rings. The van der Waals surface area contributed by atoms with Crippen molar-refractivity contribution in [2.75, 3.05) is 0 Å². The van der Waals surface area contributed by atoms with Crippen LogP contribution in [0.25, 0.3) is 0 Å². The van der Waals surface area contributed by atoms with Crippen LogP contribution in [-0.2, 0) is 17.9 Å². The van der Waals surface area contributed by atoms with E-state index in [0.717, 1.165) is 16.7 Å². The second-order valence-electron chi connectivity index (χ2n) is 5.91. The van der Waals surface area contributed by atoms with Gasteiger partial charge < -0.3 is 5.32 Å². The number of amides is 1. The van der Waals surface area contributed by atoms with Crippen molar-refractivity contribution in [1.82, 2.24) is 10.6 Å². The summed E-state index contributed by atoms with van der Waals surface area (Å²) >= 11 is 0. The van der Waals surface area contributed by atoms with Gasteiger partial charge in [0.25, 0.3) is 0 Å². The molecule has 3 aromatic carbocycles. The molecule has 2 N–H and O–H groups in total. The number of carbonyl (C=O) groups excluding carboxylic acids is 1. The summed E-state index contributed by atoms with van der Waals surface area (Å²) in [5.41, 5.74) is 3.20. The third kappa shape index (κ3) is 5.03. The highest BCUT2D eigenvalue weighted by molar-refractivity contribution is 5.83. The SMILES string of the molecule is O=C(NCc1ccccc1)[C@H](NCc1ccccc1)c1ccccc1. The largest absolute Gasteiger partial charge is 0.350 e. The lowest BCUT2D eigenvalue weighted by molar-refractivity contribution is -0.123. The fraction of sp³-hybridized carbons (Fsp3) is 0.136. The zero-order chi connectivity index (χ0) is 17.3. The molecule has 1 atom stereocenters. The van der Waals surface area contributed by atoms with Crippen molar-refractivity contribution in [2.45, 2.75) is 19.1 Å². The second-order valence-corrected chi connectivity index (χ2v) is 5.91. The monoisotopic (exact) mass is 330 g/mol. The molecule has 0 radical (unpaired) electrons. The molecule has 3 heteroatoms. The molecule has 1 amide bonds. The van der Waals surface area contributed by atoms with Crippen LogP contribution in [0.4, 0.5) is 0 Å². The predicted octanol–water partition coefficient (Wildman–Crippen LogP) is 3.83. The van der Waals surface area contributed by atoms with E-state index in [9.17, 15) is 4.79 Å². The van der Waals surface area contributed by atoms with Crippen LogP contribution < -0.4 is 10.6 Å². The normalized spacial score (nSPS) is 11.7. The Hall–Kier alpha value is -2.91. The maximum Gasteiger partial charge on any atom is 0.242 e. The topological polar surface area (TPSA) is 41.1 Å². The van der Waals surface area contributed by atoms with Crippen molar-refractivity contribution in [3.05, 3.63) is 108 Å². The summed E-state index contributed by atoms with van der Waals surface area (Å²) in [4.78, 5) is 12.8. The molecule has 0 saturated carbocycles. The lowest BCUT2D eigenvalue weighted by atomic mass is 10.1. The summed E-state index contributed by atoms with van der Waals surface area (Å²) in [6.07, 6.45) is 0. The zero-order valence-electron chi connectivity index (χ0n) is 14.1. The van der Waals surface area contributed by atoms with E-state index >= 15 is 0 Å². The summed E-state index contributed by atoms with van der Waals surface area (Å²) in [6, 6.07) is 29.5. The second kappa shape index (κ2) is 8.81. The Morgan fingerprint density at radius 2 is 1.16 bits per heavy atom. The van der Waals surface area contributed by atoms with Crippen molar-refractivity contribution >= 4 is 5.91 Å². The third-order valence-electron chi connectivity index (χ3n) is 4.06. The minimum Gasteiger partial charge on any atom is -0.350 e. The molecule has 0 aliphatic rings. The van der Waals surface area contributed by atoms with Gasteiger partial charge in [-0.25, -0.2) is 0 Å². The van der Waals surface area contributed by atoms with Crippen LogP contribution in [0.15, 0.2) is 91.0 Å². The van der Waals surface area contributed by atoms with Crippen LogP contribution in [0.2, 0.25) is 0 Å². The molecule has 0 saturated heterocycles. The fourth-order valence-corrected chi connectivity index (χ4v) is 2.71. The van der Waals surface area contributed by atoms with Gasteiger partial charge in [0, 0.05) is 13.1 Å². The van der Waals surface area contributed by atoms with Crippen molar-refractivity contribution in [3.63, 3.8) is 0 Å². The van der Waals surface area contributed by atoms with Gasteiger partial charge in [0.15, 0.2) is 0 Å². The molecule has 0 aliphatic carbocycles. The van der Waals surface area contributed by atoms with Crippen molar-refractivity contribution < 1.29 is 4.79 Å². The first-order chi connectivity index (χ1) is 12.3. The molecule has 3 rings (SSSR count). The molecule has 25 heavy (non-hydrogen) atoms. The molecule has 0 heterocycles. The highest BCUT2D eigenvalue weighted by atomic mass is 16.2. The maximum atomic E-state index is 12.8. The Bertz CT molecular complexity index is 773. The van der Waals surface area contributed by atoms with E-state index in [2.05, 4.69) is 22.8 Å². The van der Waals surface area contributed by atoms with Crippen LogP contribution in [-0.4, -0.2) is 5.91 Å². The standard InChI is InChI=1S/C22H22N2O/c25-22(24-17-19-12-6-2-7-13-19)21(20-14-8-3-9-15-20)23-16-18-10-4-1-5-11-18/h1-15,21,23H,16-17H2,(H,24,25)/t21-/m1/s1. The molecule has 3 aromatic rings. The van der Waals surface area contributed by atoms with E-state index in [4.69, 9.17) is 0 Å². The number of benzene rings is 3. The van der Waals surface area contributed by atoms with Crippen LogP contribution >= 0.6 is 0 Å². The minimum atomic E-state index is -0.384. The van der Waals surface area contributed by atoms with E-state index in [1.807, 2.05) is 78.9 Å². The van der Waals surface area contributed by atoms with Crippen LogP contribution in [0.1, 0.15) is 22.7 Å². The quantitative estimate of drug-likeness (QED) is 0.691. The number of rotatable bonds is 7. The number of carbonyl (C=O) groups is 1. The van der Waals surface area contributed by atoms with Crippen LogP contribution in [0.3, 0.4) is 0 Å². The van der Waals surface area contributed by atoms with Gasteiger partial charge in [-0.1, -0.05) is 91.0 Å². The Morgan fingerprint density at radius 3 is 1.72 bits per heavy atom. The Labute approximate surface area is 148 Å². The zero-order valence-corrected chi connectivity index (χ0v) is 14.1. The van der Waals surface area contributed by atoms with Gasteiger partial charge in [0.2, 0.25) is 5.91 Å². The summed E-state index contributed by atoms with van der Waals surface area (Å²) in [5.74, 6) is -0.0222. The highest BCUT2D eigenvalue weighted by Crippen LogP contribution is 2.14. The molecular formula is C22H22N2O. The van der Waals surface area contributed by atoms with Crippen molar-refractivity contribution in [1.29, 1.82) is 0 Å². The summed E-state index contributed by atoms with van der Waals surface area (Å²) in [6.45, 7) is 1.16. The molecule has 0 unspecified atom stereocenters. The van der Waals surface area contributed by atoms with E-state index in [-0.39, 0.29) is 11.9 Å². The molecule has 0 bridgehead atoms. The van der Waals surface area contributed by atoms with Crippen LogP contribution in [0, 0.1) is 0 Å². The highest BCUT2D eigenvalue weighted by Gasteiger charge is 2.19. The Kier molecular flexibility index (Phi) is 5.96. The molecule has 3 nitrogen and oxygen atoms in total. The van der Waals surface area contributed by atoms with E-state index in [0.29, 0.717) is 13.1 Å². The Morgan fingerprint density at radius 1 is 0.680 bits per heavy atom. The number of nitrogens with one attached hydrogen (secondary N) is 2. The molecule has 0 aliphatic heterocycles. The first kappa shape index (κ1) is 16.9. The van der Waals surface area contributed by atoms with E-state index < -0.39 is 0 Å². The van der Waals surface area contributed by atoms with Gasteiger partial charge in [-0.3, -0.25) is 10.1 Å². The molecular weight excluding hydrogens is 308 g/mol. The smallest absolute Gasteiger partial charge is 0.242 e. The first-order valence-corrected chi connectivity index (χ1v) is 8.47. The van der Waals surface area contributed by atoms with Crippen molar-refractivity contribution in [3.8, 4) is 0 Å². The lowest BCUT2D eigenvalue weighted by Gasteiger charge is -2.19. The average molecular weight is 330 g/mol. The fourth-order valence-electron chi connectivity index (χ4n) is 2.71. The summed E-state index contributed by atoms with van der Waals surface area (Å²) in [7, 11) is 0. The summed E-state index contributed by atoms with van der Waals surface area (Å²) in [5, 5.41) is 6.41. The summed E-state index contributed by atoms with van der Waals surface area (Å²) < 4.78 is 0. The third-order valence-corrected chi connectivity index (χ3v) is 4.06. The predicted molar refractivity (Wildman–Crippen MR) is 101 cm³/mol. The molecule has 0 spiro atoms. The van der Waals surface area contributed by atoms with Gasteiger partial charge in [-0.15, -0.1) is 0 Å². The van der Waals surface area contributed by atoms with Gasteiger partial charge in [0.1, 0.15) is 6.04 Å². The minimum absolute atomic E-state index is 0.0222. The van der Waals surface area contributed by atoms with Gasteiger partial charge >= 0.3 is 0 Å². The maximum absolute atomic E-state index is 12.8. The van der Waals surface area contributed by atoms with Crippen molar-refractivity contribution in [2.24, 2.45) is 0 Å². The molecule has 126 valence electrons. The molecule has 0 aromatic heterocycles. The average Bonchev–Trinajstić information content (AvgIpc) is 2.69. The van der Waals surface area contributed by atoms with Gasteiger partial charge in [0.05, 0.1) is 0 Å². The first-order valence-electron chi connectivity index (χ1n) is 8.47. The van der Waals surface area contributed by atoms with E-state index in [1.54, 1.807) is 0 Å².